The van der Waals surface area contributed by atoms with E-state index in [1.807, 2.05) is 0 Å². The van der Waals surface area contributed by atoms with Crippen LogP contribution in [-0.2, 0) is 11.3 Å². The van der Waals surface area contributed by atoms with E-state index in [1.165, 1.54) is 10.7 Å². The Morgan fingerprint density at radius 3 is 2.90 bits per heavy atom. The Balaban J connectivity index is 1.77. The van der Waals surface area contributed by atoms with Crippen molar-refractivity contribution in [2.75, 3.05) is 6.54 Å². The summed E-state index contributed by atoms with van der Waals surface area (Å²) in [5, 5.41) is 19.9. The molecule has 0 unspecified atom stereocenters. The van der Waals surface area contributed by atoms with Gasteiger partial charge in [-0.25, -0.2) is 9.48 Å². The van der Waals surface area contributed by atoms with Crippen molar-refractivity contribution in [3.63, 3.8) is 0 Å². The molecular weight excluding hydrogens is 260 g/mol. The number of aromatic nitrogens is 3. The smallest absolute Gasteiger partial charge is 0.337 e. The van der Waals surface area contributed by atoms with E-state index < -0.39 is 5.97 Å². The molecule has 3 rings (SSSR count). The molecule has 0 bridgehead atoms. The van der Waals surface area contributed by atoms with Gasteiger partial charge in [-0.3, -0.25) is 4.79 Å². The highest BCUT2D eigenvalue weighted by Crippen LogP contribution is 2.28. The highest BCUT2D eigenvalue weighted by atomic mass is 16.4. The third kappa shape index (κ3) is 2.34. The summed E-state index contributed by atoms with van der Waals surface area (Å²) in [7, 11) is 0. The maximum Gasteiger partial charge on any atom is 0.337 e. The first-order chi connectivity index (χ1) is 9.66. The van der Waals surface area contributed by atoms with Crippen LogP contribution in [0.4, 0.5) is 0 Å². The van der Waals surface area contributed by atoms with Gasteiger partial charge in [0.25, 0.3) is 0 Å². The summed E-state index contributed by atoms with van der Waals surface area (Å²) < 4.78 is 1.52. The van der Waals surface area contributed by atoms with Gasteiger partial charge in [0.05, 0.1) is 12.1 Å². The van der Waals surface area contributed by atoms with Crippen LogP contribution < -0.4 is 5.32 Å². The van der Waals surface area contributed by atoms with Crippen LogP contribution >= 0.6 is 0 Å². The van der Waals surface area contributed by atoms with Crippen LogP contribution in [0.3, 0.4) is 0 Å². The second-order valence-electron chi connectivity index (χ2n) is 4.86. The molecule has 7 heteroatoms. The molecular formula is C13H14N4O3. The van der Waals surface area contributed by atoms with Gasteiger partial charge >= 0.3 is 5.97 Å². The van der Waals surface area contributed by atoms with Crippen molar-refractivity contribution >= 4 is 22.9 Å². The molecule has 1 aromatic carbocycles. The summed E-state index contributed by atoms with van der Waals surface area (Å²) in [5.41, 5.74) is 1.19. The monoisotopic (exact) mass is 274 g/mol. The first-order valence-corrected chi connectivity index (χ1v) is 6.50. The molecule has 1 saturated carbocycles. The van der Waals surface area contributed by atoms with Gasteiger partial charge in [-0.2, -0.15) is 0 Å². The van der Waals surface area contributed by atoms with Crippen LogP contribution in [0.25, 0.3) is 11.0 Å². The van der Waals surface area contributed by atoms with Gasteiger partial charge in [-0.1, -0.05) is 11.3 Å². The molecule has 0 spiro atoms. The van der Waals surface area contributed by atoms with E-state index in [-0.39, 0.29) is 17.4 Å². The predicted octanol–water partition coefficient (Wildman–Crippen LogP) is 0.656. The lowest BCUT2D eigenvalue weighted by Gasteiger charge is -2.06. The van der Waals surface area contributed by atoms with Gasteiger partial charge in [0.15, 0.2) is 0 Å². The fourth-order valence-corrected chi connectivity index (χ4v) is 2.13. The highest BCUT2D eigenvalue weighted by Gasteiger charge is 2.29. The van der Waals surface area contributed by atoms with Crippen molar-refractivity contribution < 1.29 is 14.7 Å². The topological polar surface area (TPSA) is 97.1 Å². The number of fused-ring (bicyclic) bond motifs is 1. The number of hydrogen-bond acceptors (Lipinski definition) is 4. The summed E-state index contributed by atoms with van der Waals surface area (Å²) >= 11 is 0. The lowest BCUT2D eigenvalue weighted by molar-refractivity contribution is -0.122. The Hall–Kier alpha value is -2.44. The third-order valence-corrected chi connectivity index (χ3v) is 3.33. The summed E-state index contributed by atoms with van der Waals surface area (Å²) in [4.78, 5) is 22.7. The molecule has 1 heterocycles. The van der Waals surface area contributed by atoms with E-state index in [2.05, 4.69) is 15.6 Å². The van der Waals surface area contributed by atoms with Crippen molar-refractivity contribution in [1.29, 1.82) is 0 Å². The zero-order valence-corrected chi connectivity index (χ0v) is 10.7. The molecule has 1 fully saturated rings. The standard InChI is InChI=1S/C13H14N4O3/c18-12(8-4-5-8)14-6-7-17-11-9(13(19)20)2-1-3-10(11)15-16-17/h1-3,8H,4-7H2,(H,14,18)(H,19,20). The number of rotatable bonds is 5. The molecule has 1 amide bonds. The number of para-hydroxylation sites is 1. The largest absolute Gasteiger partial charge is 0.478 e. The average molecular weight is 274 g/mol. The van der Waals surface area contributed by atoms with Gasteiger partial charge in [0, 0.05) is 12.5 Å². The van der Waals surface area contributed by atoms with Gasteiger partial charge in [-0.15, -0.1) is 5.10 Å². The Morgan fingerprint density at radius 1 is 1.40 bits per heavy atom. The first kappa shape index (κ1) is 12.6. The summed E-state index contributed by atoms with van der Waals surface area (Å²) in [6, 6.07) is 4.88. The minimum atomic E-state index is -1.01. The lowest BCUT2D eigenvalue weighted by Crippen LogP contribution is -2.28. The van der Waals surface area contributed by atoms with Crippen LogP contribution in [0.2, 0.25) is 0 Å². The predicted molar refractivity (Wildman–Crippen MR) is 70.2 cm³/mol. The SMILES string of the molecule is O=C(O)c1cccc2nnn(CCNC(=O)C3CC3)c12. The number of carbonyl (C=O) groups excluding carboxylic acids is 1. The summed E-state index contributed by atoms with van der Waals surface area (Å²) in [6.45, 7) is 0.820. The molecule has 0 aliphatic heterocycles. The van der Waals surface area contributed by atoms with Gasteiger partial charge in [0.2, 0.25) is 5.91 Å². The Labute approximate surface area is 114 Å². The number of hydrogen-bond donors (Lipinski definition) is 2. The fourth-order valence-electron chi connectivity index (χ4n) is 2.13. The van der Waals surface area contributed by atoms with Crippen LogP contribution in [0.1, 0.15) is 23.2 Å². The fraction of sp³-hybridized carbons (Fsp3) is 0.385. The Morgan fingerprint density at radius 2 is 2.20 bits per heavy atom. The molecule has 1 aromatic heterocycles. The maximum absolute atomic E-state index is 11.5. The zero-order chi connectivity index (χ0) is 14.1. The van der Waals surface area contributed by atoms with Crippen molar-refractivity contribution in [3.8, 4) is 0 Å². The van der Waals surface area contributed by atoms with E-state index in [4.69, 9.17) is 0 Å². The van der Waals surface area contributed by atoms with Crippen LogP contribution in [0.15, 0.2) is 18.2 Å². The average Bonchev–Trinajstić information content (AvgIpc) is 3.20. The number of nitrogens with zero attached hydrogens (tertiary/aromatic N) is 3. The van der Waals surface area contributed by atoms with E-state index in [9.17, 15) is 14.7 Å². The number of benzene rings is 1. The van der Waals surface area contributed by atoms with Crippen molar-refractivity contribution in [3.05, 3.63) is 23.8 Å². The molecule has 0 atom stereocenters. The Kier molecular flexibility index (Phi) is 3.09. The molecule has 1 aliphatic carbocycles. The molecule has 20 heavy (non-hydrogen) atoms. The van der Waals surface area contributed by atoms with E-state index in [0.29, 0.717) is 24.1 Å². The number of carboxylic acids is 1. The quantitative estimate of drug-likeness (QED) is 0.834. The number of nitrogens with one attached hydrogen (secondary N) is 1. The van der Waals surface area contributed by atoms with Gasteiger partial charge in [0.1, 0.15) is 11.0 Å². The highest BCUT2D eigenvalue weighted by molar-refractivity contribution is 6.00. The van der Waals surface area contributed by atoms with Crippen molar-refractivity contribution in [2.45, 2.75) is 19.4 Å². The molecule has 104 valence electrons. The van der Waals surface area contributed by atoms with Crippen LogP contribution in [0.5, 0.6) is 0 Å². The van der Waals surface area contributed by atoms with Crippen LogP contribution in [0, 0.1) is 5.92 Å². The van der Waals surface area contributed by atoms with Gasteiger partial charge in [-0.05, 0) is 25.0 Å². The van der Waals surface area contributed by atoms with E-state index in [0.717, 1.165) is 12.8 Å². The molecule has 2 N–H and O–H groups in total. The Bertz CT molecular complexity index is 675. The number of carbonyl (C=O) groups is 2. The molecule has 2 aromatic rings. The van der Waals surface area contributed by atoms with E-state index in [1.54, 1.807) is 12.1 Å². The molecule has 7 nitrogen and oxygen atoms in total. The summed E-state index contributed by atoms with van der Waals surface area (Å²) in [5.74, 6) is -0.786. The normalized spacial score (nSPS) is 14.4. The lowest BCUT2D eigenvalue weighted by atomic mass is 10.2. The number of amides is 1. The van der Waals surface area contributed by atoms with Crippen molar-refractivity contribution in [1.82, 2.24) is 20.3 Å². The number of carboxylic acid groups (broad SMARTS) is 1. The maximum atomic E-state index is 11.5. The minimum absolute atomic E-state index is 0.0629. The second-order valence-corrected chi connectivity index (χ2v) is 4.86. The van der Waals surface area contributed by atoms with E-state index >= 15 is 0 Å². The first-order valence-electron chi connectivity index (χ1n) is 6.50. The molecule has 0 radical (unpaired) electrons. The van der Waals surface area contributed by atoms with Crippen LogP contribution in [-0.4, -0.2) is 38.5 Å². The minimum Gasteiger partial charge on any atom is -0.478 e. The summed E-state index contributed by atoms with van der Waals surface area (Å²) in [6.07, 6.45) is 1.92. The second kappa shape index (κ2) is 4.92. The van der Waals surface area contributed by atoms with Gasteiger partial charge < -0.3 is 10.4 Å². The molecule has 1 aliphatic rings. The molecule has 0 saturated heterocycles. The van der Waals surface area contributed by atoms with Crippen molar-refractivity contribution in [2.24, 2.45) is 5.92 Å². The third-order valence-electron chi connectivity index (χ3n) is 3.33. The number of aromatic carboxylic acids is 1. The zero-order valence-electron chi connectivity index (χ0n) is 10.7.